The monoisotopic (exact) mass is 342 g/mol. The standard InChI is InChI=1S/C14H12F2N2O.BrH/c15-11-4-5-13(12(16)10-11)17-14(19)6-9-18-7-2-1-3-8-18;/h1-5,7-8,10H,6,9H2;1H. The number of nitrogens with zero attached hydrogens (tertiary/aromatic N) is 1. The maximum absolute atomic E-state index is 13.3. The number of carbonyl (C=O) groups is 1. The molecule has 3 nitrogen and oxygen atoms in total. The lowest BCUT2D eigenvalue weighted by Crippen LogP contribution is -3.00. The maximum Gasteiger partial charge on any atom is 0.230 e. The Morgan fingerprint density at radius 3 is 2.50 bits per heavy atom. The Balaban J connectivity index is 0.00000200. The Labute approximate surface area is 126 Å². The van der Waals surface area contributed by atoms with Crippen LogP contribution in [0.25, 0.3) is 0 Å². The highest BCUT2D eigenvalue weighted by Gasteiger charge is 2.09. The highest BCUT2D eigenvalue weighted by Crippen LogP contribution is 2.14. The van der Waals surface area contributed by atoms with E-state index in [1.54, 1.807) is 0 Å². The quantitative estimate of drug-likeness (QED) is 0.731. The van der Waals surface area contributed by atoms with E-state index >= 15 is 0 Å². The van der Waals surface area contributed by atoms with Gasteiger partial charge in [-0.2, -0.15) is 0 Å². The largest absolute Gasteiger partial charge is 1.00 e. The fourth-order valence-corrected chi connectivity index (χ4v) is 1.62. The molecule has 0 fully saturated rings. The summed E-state index contributed by atoms with van der Waals surface area (Å²) in [5.41, 5.74) is -0.00976. The molecule has 0 aliphatic carbocycles. The number of hydrogen-bond donors (Lipinski definition) is 1. The molecule has 0 bridgehead atoms. The number of halogens is 3. The van der Waals surface area contributed by atoms with Crippen LogP contribution in [0.2, 0.25) is 0 Å². The van der Waals surface area contributed by atoms with E-state index in [1.807, 2.05) is 35.2 Å². The SMILES string of the molecule is O=C(CC[n+]1ccccc1)Nc1ccc(F)cc1F.[Br-]. The molecule has 1 aromatic heterocycles. The summed E-state index contributed by atoms with van der Waals surface area (Å²) in [6.07, 6.45) is 3.89. The van der Waals surface area contributed by atoms with E-state index in [2.05, 4.69) is 5.32 Å². The summed E-state index contributed by atoms with van der Waals surface area (Å²) in [5.74, 6) is -1.77. The van der Waals surface area contributed by atoms with Crippen LogP contribution in [-0.4, -0.2) is 5.91 Å². The smallest absolute Gasteiger partial charge is 0.230 e. The molecule has 106 valence electrons. The fraction of sp³-hybridized carbons (Fsp3) is 0.143. The van der Waals surface area contributed by atoms with Gasteiger partial charge < -0.3 is 22.3 Å². The maximum atomic E-state index is 13.3. The van der Waals surface area contributed by atoms with Gasteiger partial charge in [0, 0.05) is 18.2 Å². The average Bonchev–Trinajstić information content (AvgIpc) is 2.41. The van der Waals surface area contributed by atoms with Crippen molar-refractivity contribution in [3.63, 3.8) is 0 Å². The predicted octanol–water partition coefficient (Wildman–Crippen LogP) is -0.715. The van der Waals surface area contributed by atoms with Gasteiger partial charge in [0.15, 0.2) is 18.9 Å². The number of amides is 1. The summed E-state index contributed by atoms with van der Waals surface area (Å²) >= 11 is 0. The number of anilines is 1. The zero-order valence-corrected chi connectivity index (χ0v) is 12.1. The van der Waals surface area contributed by atoms with Crippen LogP contribution < -0.4 is 26.9 Å². The molecule has 0 atom stereocenters. The molecule has 20 heavy (non-hydrogen) atoms. The van der Waals surface area contributed by atoms with Crippen molar-refractivity contribution in [1.29, 1.82) is 0 Å². The molecule has 0 aliphatic heterocycles. The first-order valence-corrected chi connectivity index (χ1v) is 5.84. The van der Waals surface area contributed by atoms with Crippen molar-refractivity contribution in [1.82, 2.24) is 0 Å². The van der Waals surface area contributed by atoms with Gasteiger partial charge in [0.25, 0.3) is 0 Å². The van der Waals surface area contributed by atoms with Crippen molar-refractivity contribution in [3.8, 4) is 0 Å². The van der Waals surface area contributed by atoms with E-state index in [9.17, 15) is 13.6 Å². The Bertz CT molecular complexity index is 579. The molecule has 0 saturated heterocycles. The lowest BCUT2D eigenvalue weighted by Gasteiger charge is -2.05. The van der Waals surface area contributed by atoms with Gasteiger partial charge in [-0.25, -0.2) is 13.3 Å². The second kappa shape index (κ2) is 7.69. The minimum absolute atomic E-state index is 0. The number of hydrogen-bond acceptors (Lipinski definition) is 1. The fourth-order valence-electron chi connectivity index (χ4n) is 1.62. The van der Waals surface area contributed by atoms with Crippen LogP contribution in [-0.2, 0) is 11.3 Å². The van der Waals surface area contributed by atoms with Gasteiger partial charge in [0.2, 0.25) is 5.91 Å². The summed E-state index contributed by atoms with van der Waals surface area (Å²) in [6.45, 7) is 0.496. The molecule has 2 aromatic rings. The lowest BCUT2D eigenvalue weighted by molar-refractivity contribution is -0.695. The van der Waals surface area contributed by atoms with Crippen LogP contribution in [0.5, 0.6) is 0 Å². The molecule has 2 rings (SSSR count). The summed E-state index contributed by atoms with van der Waals surface area (Å²) in [6, 6.07) is 8.64. The summed E-state index contributed by atoms with van der Waals surface area (Å²) in [5, 5.41) is 2.41. The van der Waals surface area contributed by atoms with Crippen LogP contribution >= 0.6 is 0 Å². The predicted molar refractivity (Wildman–Crippen MR) is 66.2 cm³/mol. The molecule has 1 aromatic carbocycles. The molecule has 0 spiro atoms. The van der Waals surface area contributed by atoms with Crippen molar-refractivity contribution in [2.24, 2.45) is 0 Å². The van der Waals surface area contributed by atoms with E-state index in [0.717, 1.165) is 12.1 Å². The van der Waals surface area contributed by atoms with Crippen molar-refractivity contribution >= 4 is 11.6 Å². The van der Waals surface area contributed by atoms with E-state index in [4.69, 9.17) is 0 Å². The van der Waals surface area contributed by atoms with Crippen LogP contribution in [0.15, 0.2) is 48.8 Å². The van der Waals surface area contributed by atoms with Gasteiger partial charge in [-0.05, 0) is 12.1 Å². The second-order valence-electron chi connectivity index (χ2n) is 4.04. The first-order chi connectivity index (χ1) is 9.15. The minimum atomic E-state index is -0.777. The molecule has 0 aliphatic rings. The van der Waals surface area contributed by atoms with Crippen molar-refractivity contribution < 1.29 is 35.1 Å². The Morgan fingerprint density at radius 1 is 1.15 bits per heavy atom. The Kier molecular flexibility index (Phi) is 6.24. The molecule has 0 radical (unpaired) electrons. The molecule has 0 saturated carbocycles. The van der Waals surface area contributed by atoms with Crippen molar-refractivity contribution in [3.05, 3.63) is 60.4 Å². The van der Waals surface area contributed by atoms with Gasteiger partial charge >= 0.3 is 0 Å². The van der Waals surface area contributed by atoms with Gasteiger partial charge in [0.05, 0.1) is 12.1 Å². The molecule has 1 amide bonds. The Morgan fingerprint density at radius 2 is 1.85 bits per heavy atom. The zero-order valence-electron chi connectivity index (χ0n) is 10.5. The molecule has 1 N–H and O–H groups in total. The van der Waals surface area contributed by atoms with Crippen molar-refractivity contribution in [2.45, 2.75) is 13.0 Å². The van der Waals surface area contributed by atoms with E-state index in [-0.39, 0.29) is 35.0 Å². The van der Waals surface area contributed by atoms with E-state index < -0.39 is 11.6 Å². The van der Waals surface area contributed by atoms with Gasteiger partial charge in [-0.1, -0.05) is 6.07 Å². The molecule has 0 unspecified atom stereocenters. The third-order valence-electron chi connectivity index (χ3n) is 2.58. The highest BCUT2D eigenvalue weighted by molar-refractivity contribution is 5.90. The van der Waals surface area contributed by atoms with Crippen LogP contribution in [0.4, 0.5) is 14.5 Å². The zero-order chi connectivity index (χ0) is 13.7. The van der Waals surface area contributed by atoms with Crippen LogP contribution in [0, 0.1) is 11.6 Å². The topological polar surface area (TPSA) is 33.0 Å². The normalized spacial score (nSPS) is 9.70. The minimum Gasteiger partial charge on any atom is -1.00 e. The number of benzene rings is 1. The summed E-state index contributed by atoms with van der Waals surface area (Å²) in [7, 11) is 0. The molecule has 6 heteroatoms. The Hall–Kier alpha value is -1.82. The average molecular weight is 343 g/mol. The van der Waals surface area contributed by atoms with Gasteiger partial charge in [0.1, 0.15) is 11.6 Å². The third-order valence-corrected chi connectivity index (χ3v) is 2.58. The summed E-state index contributed by atoms with van der Waals surface area (Å²) < 4.78 is 27.9. The first kappa shape index (κ1) is 16.2. The number of aromatic nitrogens is 1. The number of aryl methyl sites for hydroxylation is 1. The highest BCUT2D eigenvalue weighted by atomic mass is 79.9. The molecular formula is C14H13BrF2N2O. The number of nitrogens with one attached hydrogen (secondary N) is 1. The lowest BCUT2D eigenvalue weighted by atomic mass is 10.3. The van der Waals surface area contributed by atoms with Crippen molar-refractivity contribution in [2.75, 3.05) is 5.32 Å². The number of pyridine rings is 1. The van der Waals surface area contributed by atoms with Crippen LogP contribution in [0.3, 0.4) is 0 Å². The first-order valence-electron chi connectivity index (χ1n) is 5.84. The van der Waals surface area contributed by atoms with Gasteiger partial charge in [-0.15, -0.1) is 0 Å². The summed E-state index contributed by atoms with van der Waals surface area (Å²) in [4.78, 5) is 11.6. The third kappa shape index (κ3) is 4.70. The molecular weight excluding hydrogens is 330 g/mol. The number of carbonyl (C=O) groups excluding carboxylic acids is 1. The van der Waals surface area contributed by atoms with Gasteiger partial charge in [-0.3, -0.25) is 4.79 Å². The molecule has 1 heterocycles. The van der Waals surface area contributed by atoms with E-state index in [1.165, 1.54) is 6.07 Å². The van der Waals surface area contributed by atoms with E-state index in [0.29, 0.717) is 6.54 Å². The van der Waals surface area contributed by atoms with Crippen LogP contribution in [0.1, 0.15) is 6.42 Å². The number of rotatable bonds is 4. The second-order valence-corrected chi connectivity index (χ2v) is 4.04.